The molecule has 2 atom stereocenters. The second kappa shape index (κ2) is 5.53. The van der Waals surface area contributed by atoms with Crippen LogP contribution in [0.4, 0.5) is 0 Å². The molecule has 0 aliphatic rings. The van der Waals surface area contributed by atoms with Gasteiger partial charge in [-0.25, -0.2) is 0 Å². The third kappa shape index (κ3) is 4.55. The summed E-state index contributed by atoms with van der Waals surface area (Å²) in [6.07, 6.45) is 4.13. The molecule has 0 saturated carbocycles. The van der Waals surface area contributed by atoms with Crippen molar-refractivity contribution in [1.29, 1.82) is 0 Å². The van der Waals surface area contributed by atoms with E-state index in [1.54, 1.807) is 0 Å². The summed E-state index contributed by atoms with van der Waals surface area (Å²) in [6, 6.07) is 0. The van der Waals surface area contributed by atoms with Gasteiger partial charge in [-0.15, -0.1) is 0 Å². The number of hydrogen-bond acceptors (Lipinski definition) is 1. The standard InChI is InChI=1S/C6H15OP/c1-3-4-5-6(2)7-8/h6H,3-5,8H2,1-2H3. The zero-order chi connectivity index (χ0) is 6.41. The van der Waals surface area contributed by atoms with Crippen LogP contribution in [0.2, 0.25) is 0 Å². The van der Waals surface area contributed by atoms with Crippen molar-refractivity contribution in [3.8, 4) is 0 Å². The first-order valence-corrected chi connectivity index (χ1v) is 3.64. The molecule has 0 aromatic heterocycles. The highest BCUT2D eigenvalue weighted by Gasteiger charge is 1.95. The lowest BCUT2D eigenvalue weighted by atomic mass is 10.2. The summed E-state index contributed by atoms with van der Waals surface area (Å²) in [5.41, 5.74) is 0. The van der Waals surface area contributed by atoms with Gasteiger partial charge in [0.05, 0.1) is 6.10 Å². The third-order valence-electron chi connectivity index (χ3n) is 1.20. The van der Waals surface area contributed by atoms with Crippen molar-refractivity contribution in [2.75, 3.05) is 0 Å². The molecule has 0 saturated heterocycles. The molecule has 0 fully saturated rings. The summed E-state index contributed by atoms with van der Waals surface area (Å²) >= 11 is 0. The summed E-state index contributed by atoms with van der Waals surface area (Å²) in [5.74, 6) is 0. The van der Waals surface area contributed by atoms with Crippen molar-refractivity contribution in [3.05, 3.63) is 0 Å². The minimum absolute atomic E-state index is 0.417. The molecule has 0 heterocycles. The molecular weight excluding hydrogens is 119 g/mol. The molecule has 2 unspecified atom stereocenters. The predicted octanol–water partition coefficient (Wildman–Crippen LogP) is 2.37. The average Bonchev–Trinajstić information content (AvgIpc) is 1.83. The summed E-state index contributed by atoms with van der Waals surface area (Å²) in [7, 11) is 2.29. The molecule has 0 N–H and O–H groups in total. The van der Waals surface area contributed by atoms with E-state index in [0.29, 0.717) is 6.10 Å². The van der Waals surface area contributed by atoms with Gasteiger partial charge in [0.25, 0.3) is 0 Å². The van der Waals surface area contributed by atoms with E-state index in [9.17, 15) is 0 Å². The Morgan fingerprint density at radius 1 is 1.62 bits per heavy atom. The van der Waals surface area contributed by atoms with E-state index in [1.165, 1.54) is 19.3 Å². The zero-order valence-corrected chi connectivity index (χ0v) is 6.84. The fourth-order valence-corrected chi connectivity index (χ4v) is 0.696. The van der Waals surface area contributed by atoms with Gasteiger partial charge in [-0.05, 0) is 13.3 Å². The van der Waals surface area contributed by atoms with Gasteiger partial charge in [-0.2, -0.15) is 0 Å². The van der Waals surface area contributed by atoms with Crippen molar-refractivity contribution in [2.45, 2.75) is 39.2 Å². The topological polar surface area (TPSA) is 9.23 Å². The molecule has 0 bridgehead atoms. The van der Waals surface area contributed by atoms with Crippen LogP contribution in [0.1, 0.15) is 33.1 Å². The Hall–Kier alpha value is 0.390. The van der Waals surface area contributed by atoms with E-state index in [-0.39, 0.29) is 0 Å². The van der Waals surface area contributed by atoms with E-state index < -0.39 is 0 Å². The lowest BCUT2D eigenvalue weighted by Gasteiger charge is -2.05. The molecule has 0 aliphatic carbocycles. The highest BCUT2D eigenvalue weighted by molar-refractivity contribution is 7.09. The van der Waals surface area contributed by atoms with Crippen LogP contribution in [-0.4, -0.2) is 6.10 Å². The van der Waals surface area contributed by atoms with Gasteiger partial charge < -0.3 is 4.52 Å². The van der Waals surface area contributed by atoms with Crippen molar-refractivity contribution < 1.29 is 4.52 Å². The number of rotatable bonds is 4. The van der Waals surface area contributed by atoms with Crippen LogP contribution in [0.5, 0.6) is 0 Å². The van der Waals surface area contributed by atoms with Crippen LogP contribution in [0.15, 0.2) is 0 Å². The minimum atomic E-state index is 0.417. The molecule has 0 aromatic rings. The second-order valence-electron chi connectivity index (χ2n) is 2.09. The molecule has 2 heteroatoms. The van der Waals surface area contributed by atoms with Crippen LogP contribution in [-0.2, 0) is 4.52 Å². The molecule has 50 valence electrons. The van der Waals surface area contributed by atoms with Crippen molar-refractivity contribution in [3.63, 3.8) is 0 Å². The van der Waals surface area contributed by atoms with Crippen LogP contribution in [0.3, 0.4) is 0 Å². The quantitative estimate of drug-likeness (QED) is 0.536. The smallest absolute Gasteiger partial charge is 0.0582 e. The zero-order valence-electron chi connectivity index (χ0n) is 5.68. The largest absolute Gasteiger partial charge is 0.363 e. The highest BCUT2D eigenvalue weighted by Crippen LogP contribution is 2.05. The first kappa shape index (κ1) is 8.39. The molecule has 0 spiro atoms. The van der Waals surface area contributed by atoms with Crippen LogP contribution in [0.25, 0.3) is 0 Å². The third-order valence-corrected chi connectivity index (χ3v) is 1.66. The van der Waals surface area contributed by atoms with Gasteiger partial charge in [0.15, 0.2) is 0 Å². The lowest BCUT2D eigenvalue weighted by molar-refractivity contribution is 0.245. The maximum atomic E-state index is 4.97. The van der Waals surface area contributed by atoms with Gasteiger partial charge >= 0.3 is 0 Å². The fraction of sp³-hybridized carbons (Fsp3) is 1.00. The van der Waals surface area contributed by atoms with Crippen LogP contribution >= 0.6 is 9.47 Å². The molecule has 0 rings (SSSR count). The Labute approximate surface area is 54.1 Å². The Bertz CT molecular complexity index is 47.8. The number of unbranched alkanes of at least 4 members (excludes halogenated alkanes) is 1. The van der Waals surface area contributed by atoms with Gasteiger partial charge in [-0.1, -0.05) is 19.8 Å². The highest BCUT2D eigenvalue weighted by atomic mass is 31.0. The Balaban J connectivity index is 2.86. The molecule has 1 nitrogen and oxygen atoms in total. The van der Waals surface area contributed by atoms with Gasteiger partial charge in [0, 0.05) is 9.47 Å². The maximum Gasteiger partial charge on any atom is 0.0582 e. The van der Waals surface area contributed by atoms with E-state index in [2.05, 4.69) is 23.3 Å². The summed E-state index contributed by atoms with van der Waals surface area (Å²) < 4.78 is 4.97. The molecule has 0 radical (unpaired) electrons. The normalized spacial score (nSPS) is 13.9. The van der Waals surface area contributed by atoms with Gasteiger partial charge in [0.2, 0.25) is 0 Å². The predicted molar refractivity (Wildman–Crippen MR) is 39.8 cm³/mol. The van der Waals surface area contributed by atoms with Gasteiger partial charge in [0.1, 0.15) is 0 Å². The van der Waals surface area contributed by atoms with Crippen molar-refractivity contribution in [2.24, 2.45) is 0 Å². The van der Waals surface area contributed by atoms with Crippen molar-refractivity contribution >= 4 is 9.47 Å². The summed E-state index contributed by atoms with van der Waals surface area (Å²) in [4.78, 5) is 0. The maximum absolute atomic E-state index is 4.97. The Morgan fingerprint density at radius 3 is 2.62 bits per heavy atom. The first-order valence-electron chi connectivity index (χ1n) is 3.16. The number of hydrogen-bond donors (Lipinski definition) is 0. The Morgan fingerprint density at radius 2 is 2.25 bits per heavy atom. The van der Waals surface area contributed by atoms with Crippen LogP contribution < -0.4 is 0 Å². The summed E-state index contributed by atoms with van der Waals surface area (Å²) in [5, 5.41) is 0. The monoisotopic (exact) mass is 134 g/mol. The van der Waals surface area contributed by atoms with E-state index >= 15 is 0 Å². The first-order chi connectivity index (χ1) is 3.81. The SMILES string of the molecule is CCCCC(C)OP. The lowest BCUT2D eigenvalue weighted by Crippen LogP contribution is -1.99. The van der Waals surface area contributed by atoms with Crippen LogP contribution in [0, 0.1) is 0 Å². The molecule has 8 heavy (non-hydrogen) atoms. The fourth-order valence-electron chi connectivity index (χ4n) is 0.560. The van der Waals surface area contributed by atoms with Gasteiger partial charge in [-0.3, -0.25) is 0 Å². The summed E-state index contributed by atoms with van der Waals surface area (Å²) in [6.45, 7) is 4.28. The molecule has 0 aromatic carbocycles. The van der Waals surface area contributed by atoms with E-state index in [0.717, 1.165) is 0 Å². The second-order valence-corrected chi connectivity index (χ2v) is 2.36. The van der Waals surface area contributed by atoms with Crippen molar-refractivity contribution in [1.82, 2.24) is 0 Å². The molecular formula is C6H15OP. The average molecular weight is 134 g/mol. The molecule has 0 aliphatic heterocycles. The van der Waals surface area contributed by atoms with E-state index in [4.69, 9.17) is 4.52 Å². The molecule has 0 amide bonds. The minimum Gasteiger partial charge on any atom is -0.363 e. The Kier molecular flexibility index (Phi) is 5.79. The van der Waals surface area contributed by atoms with E-state index in [1.807, 2.05) is 0 Å².